The van der Waals surface area contributed by atoms with Gasteiger partial charge in [-0.15, -0.1) is 0 Å². The molecule has 6 heteroatoms. The lowest BCUT2D eigenvalue weighted by Crippen LogP contribution is -2.00. The van der Waals surface area contributed by atoms with E-state index in [2.05, 4.69) is 5.10 Å². The van der Waals surface area contributed by atoms with Gasteiger partial charge in [0.25, 0.3) is 0 Å². The van der Waals surface area contributed by atoms with Gasteiger partial charge in [0, 0.05) is 6.07 Å². The fraction of sp³-hybridized carbons (Fsp3) is 0.0909. The molecule has 0 aliphatic rings. The van der Waals surface area contributed by atoms with Crippen molar-refractivity contribution < 1.29 is 13.6 Å². The lowest BCUT2D eigenvalue weighted by Gasteiger charge is -2.04. The molecule has 1 aromatic carbocycles. The zero-order valence-electron chi connectivity index (χ0n) is 8.75. The second-order valence-corrected chi connectivity index (χ2v) is 3.77. The Labute approximate surface area is 101 Å². The molecule has 88 valence electrons. The number of aldehydes is 1. The lowest BCUT2D eigenvalue weighted by atomic mass is 10.3. The number of benzene rings is 1. The first-order chi connectivity index (χ1) is 8.04. The van der Waals surface area contributed by atoms with Crippen molar-refractivity contribution >= 4 is 17.9 Å². The van der Waals surface area contributed by atoms with E-state index in [0.29, 0.717) is 12.0 Å². The van der Waals surface area contributed by atoms with E-state index >= 15 is 0 Å². The average molecular weight is 257 g/mol. The maximum Gasteiger partial charge on any atom is 0.155 e. The molecule has 17 heavy (non-hydrogen) atoms. The predicted molar refractivity (Wildman–Crippen MR) is 58.6 cm³/mol. The van der Waals surface area contributed by atoms with Gasteiger partial charge in [0.1, 0.15) is 16.7 Å². The molecule has 0 saturated heterocycles. The summed E-state index contributed by atoms with van der Waals surface area (Å²) in [6.07, 6.45) is 0.544. The number of aryl methyl sites for hydroxylation is 1. The monoisotopic (exact) mass is 256 g/mol. The Bertz CT molecular complexity index is 595. The smallest absolute Gasteiger partial charge is 0.155 e. The molecule has 2 rings (SSSR count). The highest BCUT2D eigenvalue weighted by Crippen LogP contribution is 2.23. The molecule has 0 atom stereocenters. The fourth-order valence-electron chi connectivity index (χ4n) is 1.46. The van der Waals surface area contributed by atoms with Crippen LogP contribution in [0.25, 0.3) is 5.69 Å². The predicted octanol–water partition coefficient (Wildman–Crippen LogP) is 2.92. The minimum absolute atomic E-state index is 0.00279. The summed E-state index contributed by atoms with van der Waals surface area (Å²) < 4.78 is 27.3. The summed E-state index contributed by atoms with van der Waals surface area (Å²) in [6, 6.07) is 3.02. The van der Waals surface area contributed by atoms with E-state index in [1.165, 1.54) is 6.07 Å². The van der Waals surface area contributed by atoms with E-state index in [4.69, 9.17) is 11.6 Å². The third-order valence-electron chi connectivity index (χ3n) is 2.30. The maximum atomic E-state index is 13.5. The summed E-state index contributed by atoms with van der Waals surface area (Å²) in [4.78, 5) is 10.7. The van der Waals surface area contributed by atoms with Crippen LogP contribution in [-0.2, 0) is 0 Å². The van der Waals surface area contributed by atoms with Crippen LogP contribution in [0, 0.1) is 18.6 Å². The first-order valence-electron chi connectivity index (χ1n) is 4.70. The number of hydrogen-bond acceptors (Lipinski definition) is 2. The van der Waals surface area contributed by atoms with Gasteiger partial charge in [0.15, 0.2) is 12.1 Å². The van der Waals surface area contributed by atoms with Gasteiger partial charge in [0.05, 0.1) is 11.3 Å². The number of carbonyl (C=O) groups excluding carboxylic acids is 1. The van der Waals surface area contributed by atoms with Crippen molar-refractivity contribution in [2.24, 2.45) is 0 Å². The van der Waals surface area contributed by atoms with Gasteiger partial charge in [-0.25, -0.2) is 13.5 Å². The van der Waals surface area contributed by atoms with Crippen molar-refractivity contribution in [1.29, 1.82) is 0 Å². The molecule has 0 saturated carbocycles. The minimum atomic E-state index is -0.799. The number of hydrogen-bond donors (Lipinski definition) is 0. The van der Waals surface area contributed by atoms with Gasteiger partial charge in [-0.1, -0.05) is 11.6 Å². The second kappa shape index (κ2) is 4.25. The summed E-state index contributed by atoms with van der Waals surface area (Å²) >= 11 is 5.88. The zero-order chi connectivity index (χ0) is 12.6. The van der Waals surface area contributed by atoms with Gasteiger partial charge in [0.2, 0.25) is 0 Å². The van der Waals surface area contributed by atoms with Crippen molar-refractivity contribution in [1.82, 2.24) is 9.78 Å². The Hall–Kier alpha value is -1.75. The molecular formula is C11H7ClF2N2O. The maximum absolute atomic E-state index is 13.5. The molecule has 0 amide bonds. The SMILES string of the molecule is Cc1nn(-c2ccc(F)cc2F)c(Cl)c1C=O. The highest BCUT2D eigenvalue weighted by molar-refractivity contribution is 6.32. The zero-order valence-corrected chi connectivity index (χ0v) is 9.50. The fourth-order valence-corrected chi connectivity index (χ4v) is 1.77. The van der Waals surface area contributed by atoms with Crippen LogP contribution in [0.1, 0.15) is 16.1 Å². The summed E-state index contributed by atoms with van der Waals surface area (Å²) in [5.74, 6) is -1.49. The third kappa shape index (κ3) is 1.93. The molecule has 1 heterocycles. The average Bonchev–Trinajstić information content (AvgIpc) is 2.54. The van der Waals surface area contributed by atoms with Gasteiger partial charge in [-0.2, -0.15) is 5.10 Å². The van der Waals surface area contributed by atoms with Gasteiger partial charge in [-0.3, -0.25) is 4.79 Å². The Kier molecular flexibility index (Phi) is 2.93. The third-order valence-corrected chi connectivity index (χ3v) is 2.67. The number of halogens is 3. The van der Waals surface area contributed by atoms with Crippen molar-refractivity contribution in [3.05, 3.63) is 46.2 Å². The molecule has 0 spiro atoms. The largest absolute Gasteiger partial charge is 0.298 e. The molecule has 0 unspecified atom stereocenters. The van der Waals surface area contributed by atoms with Gasteiger partial charge >= 0.3 is 0 Å². The van der Waals surface area contributed by atoms with Crippen LogP contribution in [-0.4, -0.2) is 16.1 Å². The number of rotatable bonds is 2. The van der Waals surface area contributed by atoms with E-state index in [-0.39, 0.29) is 16.4 Å². The number of nitrogens with zero attached hydrogens (tertiary/aromatic N) is 2. The first kappa shape index (κ1) is 11.7. The Balaban J connectivity index is 2.65. The standard InChI is InChI=1S/C11H7ClF2N2O/c1-6-8(5-17)11(12)16(15-6)10-3-2-7(13)4-9(10)14/h2-5H,1H3. The van der Waals surface area contributed by atoms with Gasteiger partial charge in [-0.05, 0) is 19.1 Å². The van der Waals surface area contributed by atoms with E-state index in [0.717, 1.165) is 16.8 Å². The van der Waals surface area contributed by atoms with Gasteiger partial charge < -0.3 is 0 Å². The highest BCUT2D eigenvalue weighted by atomic mass is 35.5. The summed E-state index contributed by atoms with van der Waals surface area (Å²) in [5.41, 5.74) is 0.566. The second-order valence-electron chi connectivity index (χ2n) is 3.42. The number of aromatic nitrogens is 2. The van der Waals surface area contributed by atoms with Crippen molar-refractivity contribution in [3.8, 4) is 5.69 Å². The first-order valence-corrected chi connectivity index (χ1v) is 5.08. The summed E-state index contributed by atoms with van der Waals surface area (Å²) in [6.45, 7) is 1.58. The van der Waals surface area contributed by atoms with Crippen LogP contribution in [0.2, 0.25) is 5.15 Å². The normalized spacial score (nSPS) is 10.6. The van der Waals surface area contributed by atoms with Crippen LogP contribution < -0.4 is 0 Å². The molecule has 0 fully saturated rings. The lowest BCUT2D eigenvalue weighted by molar-refractivity contribution is 0.112. The van der Waals surface area contributed by atoms with E-state index < -0.39 is 11.6 Å². The Morgan fingerprint density at radius 3 is 2.65 bits per heavy atom. The molecular weight excluding hydrogens is 250 g/mol. The Morgan fingerprint density at radius 1 is 1.41 bits per heavy atom. The van der Waals surface area contributed by atoms with Crippen molar-refractivity contribution in [2.75, 3.05) is 0 Å². The highest BCUT2D eigenvalue weighted by Gasteiger charge is 2.16. The molecule has 1 aromatic heterocycles. The molecule has 0 aliphatic heterocycles. The molecule has 3 nitrogen and oxygen atoms in total. The summed E-state index contributed by atoms with van der Waals surface area (Å²) in [7, 11) is 0. The molecule has 2 aromatic rings. The number of carbonyl (C=O) groups is 1. The van der Waals surface area contributed by atoms with Crippen LogP contribution >= 0.6 is 11.6 Å². The molecule has 0 bridgehead atoms. The van der Waals surface area contributed by atoms with Crippen LogP contribution in [0.3, 0.4) is 0 Å². The molecule has 0 aliphatic carbocycles. The van der Waals surface area contributed by atoms with Crippen molar-refractivity contribution in [3.63, 3.8) is 0 Å². The van der Waals surface area contributed by atoms with Crippen LogP contribution in [0.15, 0.2) is 18.2 Å². The minimum Gasteiger partial charge on any atom is -0.298 e. The molecule has 0 radical (unpaired) electrons. The summed E-state index contributed by atoms with van der Waals surface area (Å²) in [5, 5.41) is 3.94. The van der Waals surface area contributed by atoms with Crippen LogP contribution in [0.4, 0.5) is 8.78 Å². The Morgan fingerprint density at radius 2 is 2.12 bits per heavy atom. The quantitative estimate of drug-likeness (QED) is 0.775. The van der Waals surface area contributed by atoms with E-state index in [9.17, 15) is 13.6 Å². The van der Waals surface area contributed by atoms with Crippen molar-refractivity contribution in [2.45, 2.75) is 6.92 Å². The van der Waals surface area contributed by atoms with Crippen LogP contribution in [0.5, 0.6) is 0 Å². The van der Waals surface area contributed by atoms with E-state index in [1.54, 1.807) is 6.92 Å². The molecule has 0 N–H and O–H groups in total. The van der Waals surface area contributed by atoms with E-state index in [1.807, 2.05) is 0 Å². The topological polar surface area (TPSA) is 34.9 Å².